The molecule has 1 N–H and O–H groups in total. The second-order valence-corrected chi connectivity index (χ2v) is 5.11. The molecule has 0 heterocycles. The van der Waals surface area contributed by atoms with Crippen LogP contribution in [0.4, 0.5) is 9.18 Å². The van der Waals surface area contributed by atoms with Gasteiger partial charge in [0.25, 0.3) is 0 Å². The van der Waals surface area contributed by atoms with E-state index in [0.717, 1.165) is 0 Å². The van der Waals surface area contributed by atoms with E-state index in [9.17, 15) is 9.18 Å². The summed E-state index contributed by atoms with van der Waals surface area (Å²) in [6.45, 7) is 5.26. The minimum atomic E-state index is -0.607. The highest BCUT2D eigenvalue weighted by Crippen LogP contribution is 2.18. The molecular weight excluding hydrogens is 247 g/mol. The molecule has 0 aliphatic carbocycles. The van der Waals surface area contributed by atoms with E-state index in [1.165, 1.54) is 24.3 Å². The number of carbonyl (C=O) groups is 1. The molecule has 1 atom stereocenters. The van der Waals surface area contributed by atoms with Crippen molar-refractivity contribution in [2.75, 3.05) is 0 Å². The first-order valence-corrected chi connectivity index (χ1v) is 5.94. The fourth-order valence-corrected chi connectivity index (χ4v) is 1.49. The van der Waals surface area contributed by atoms with Crippen LogP contribution in [0.2, 0.25) is 0 Å². The highest BCUT2D eigenvalue weighted by atomic mass is 19.1. The summed E-state index contributed by atoms with van der Waals surface area (Å²) >= 11 is 0. The van der Waals surface area contributed by atoms with Gasteiger partial charge in [-0.2, -0.15) is 5.26 Å². The molecule has 5 heteroatoms. The Morgan fingerprint density at radius 2 is 2.00 bits per heavy atom. The molecule has 1 unspecified atom stereocenters. The van der Waals surface area contributed by atoms with Gasteiger partial charge in [0.05, 0.1) is 18.5 Å². The number of hydrogen-bond donors (Lipinski definition) is 1. The summed E-state index contributed by atoms with van der Waals surface area (Å²) in [6, 6.07) is 7.12. The summed E-state index contributed by atoms with van der Waals surface area (Å²) in [5.74, 6) is -0.364. The second kappa shape index (κ2) is 6.19. The minimum absolute atomic E-state index is 0.0882. The zero-order valence-electron chi connectivity index (χ0n) is 11.2. The van der Waals surface area contributed by atoms with Crippen molar-refractivity contribution in [3.63, 3.8) is 0 Å². The van der Waals surface area contributed by atoms with Crippen molar-refractivity contribution in [1.29, 1.82) is 5.26 Å². The van der Waals surface area contributed by atoms with Crippen molar-refractivity contribution >= 4 is 6.09 Å². The molecule has 0 bridgehead atoms. The third kappa shape index (κ3) is 5.38. The zero-order valence-corrected chi connectivity index (χ0v) is 11.2. The van der Waals surface area contributed by atoms with Gasteiger partial charge in [0.2, 0.25) is 0 Å². The Labute approximate surface area is 112 Å². The predicted octanol–water partition coefficient (Wildman–Crippen LogP) is 3.31. The van der Waals surface area contributed by atoms with Crippen LogP contribution in [0.5, 0.6) is 0 Å². The molecule has 1 rings (SSSR count). The third-order valence-corrected chi connectivity index (χ3v) is 2.26. The van der Waals surface area contributed by atoms with E-state index in [4.69, 9.17) is 10.00 Å². The Bertz CT molecular complexity index is 472. The van der Waals surface area contributed by atoms with E-state index >= 15 is 0 Å². The fraction of sp³-hybridized carbons (Fsp3) is 0.429. The van der Waals surface area contributed by atoms with Crippen LogP contribution in [0.3, 0.4) is 0 Å². The number of halogens is 1. The SMILES string of the molecule is CC(C)(C)OC(=O)NC(CC#N)c1ccc(F)cc1. The van der Waals surface area contributed by atoms with Crippen LogP contribution in [0, 0.1) is 17.1 Å². The third-order valence-electron chi connectivity index (χ3n) is 2.26. The van der Waals surface area contributed by atoms with Gasteiger partial charge >= 0.3 is 6.09 Å². The molecule has 0 aromatic heterocycles. The maximum absolute atomic E-state index is 12.8. The number of carbonyl (C=O) groups excluding carboxylic acids is 1. The van der Waals surface area contributed by atoms with Crippen LogP contribution in [0.25, 0.3) is 0 Å². The summed E-state index contributed by atoms with van der Waals surface area (Å²) in [7, 11) is 0. The molecule has 0 radical (unpaired) electrons. The molecule has 4 nitrogen and oxygen atoms in total. The molecule has 0 saturated carbocycles. The van der Waals surface area contributed by atoms with E-state index in [0.29, 0.717) is 5.56 Å². The van der Waals surface area contributed by atoms with Gasteiger partial charge in [-0.05, 0) is 38.5 Å². The standard InChI is InChI=1S/C14H17FN2O2/c1-14(2,3)19-13(18)17-12(8-9-16)10-4-6-11(15)7-5-10/h4-7,12H,8H2,1-3H3,(H,17,18). The van der Waals surface area contributed by atoms with Crippen molar-refractivity contribution in [2.24, 2.45) is 0 Å². The van der Waals surface area contributed by atoms with Crippen LogP contribution < -0.4 is 5.32 Å². The van der Waals surface area contributed by atoms with Crippen molar-refractivity contribution in [1.82, 2.24) is 5.32 Å². The number of rotatable bonds is 3. The number of hydrogen-bond acceptors (Lipinski definition) is 3. The number of ether oxygens (including phenoxy) is 1. The van der Waals surface area contributed by atoms with Crippen molar-refractivity contribution in [3.8, 4) is 6.07 Å². The van der Waals surface area contributed by atoms with Gasteiger partial charge < -0.3 is 10.1 Å². The highest BCUT2D eigenvalue weighted by Gasteiger charge is 2.20. The van der Waals surface area contributed by atoms with Gasteiger partial charge in [0.15, 0.2) is 0 Å². The Balaban J connectivity index is 2.76. The van der Waals surface area contributed by atoms with Crippen molar-refractivity contribution < 1.29 is 13.9 Å². The molecule has 19 heavy (non-hydrogen) atoms. The van der Waals surface area contributed by atoms with E-state index in [-0.39, 0.29) is 12.2 Å². The fourth-order valence-electron chi connectivity index (χ4n) is 1.49. The normalized spacial score (nSPS) is 12.4. The number of amides is 1. The first-order valence-electron chi connectivity index (χ1n) is 5.94. The molecule has 0 saturated heterocycles. The molecular formula is C14H17FN2O2. The lowest BCUT2D eigenvalue weighted by atomic mass is 10.0. The smallest absolute Gasteiger partial charge is 0.408 e. The van der Waals surface area contributed by atoms with Gasteiger partial charge in [-0.15, -0.1) is 0 Å². The van der Waals surface area contributed by atoms with Crippen LogP contribution >= 0.6 is 0 Å². The lowest BCUT2D eigenvalue weighted by Crippen LogP contribution is -2.34. The average Bonchev–Trinajstić information content (AvgIpc) is 2.27. The second-order valence-electron chi connectivity index (χ2n) is 5.11. The largest absolute Gasteiger partial charge is 0.444 e. The molecule has 0 fully saturated rings. The molecule has 102 valence electrons. The van der Waals surface area contributed by atoms with Gasteiger partial charge in [-0.1, -0.05) is 12.1 Å². The number of alkyl carbamates (subject to hydrolysis) is 1. The Morgan fingerprint density at radius 1 is 1.42 bits per heavy atom. The summed E-state index contributed by atoms with van der Waals surface area (Å²) in [5, 5.41) is 11.4. The first kappa shape index (κ1) is 15.0. The summed E-state index contributed by atoms with van der Waals surface area (Å²) < 4.78 is 18.0. The Morgan fingerprint density at radius 3 is 2.47 bits per heavy atom. The van der Waals surface area contributed by atoms with Crippen LogP contribution in [-0.2, 0) is 4.74 Å². The van der Waals surface area contributed by atoms with Crippen LogP contribution in [0.1, 0.15) is 38.8 Å². The first-order chi connectivity index (χ1) is 8.81. The van der Waals surface area contributed by atoms with E-state index in [1.54, 1.807) is 20.8 Å². The van der Waals surface area contributed by atoms with Gasteiger partial charge in [-0.25, -0.2) is 9.18 Å². The number of nitrogens with one attached hydrogen (secondary N) is 1. The topological polar surface area (TPSA) is 62.1 Å². The van der Waals surface area contributed by atoms with E-state index in [1.807, 2.05) is 6.07 Å². The van der Waals surface area contributed by atoms with Crippen molar-refractivity contribution in [3.05, 3.63) is 35.6 Å². The van der Waals surface area contributed by atoms with E-state index < -0.39 is 17.7 Å². The molecule has 1 amide bonds. The zero-order chi connectivity index (χ0) is 14.5. The summed E-state index contributed by atoms with van der Waals surface area (Å²) in [5.41, 5.74) is 0.0539. The maximum Gasteiger partial charge on any atom is 0.408 e. The predicted molar refractivity (Wildman–Crippen MR) is 68.7 cm³/mol. The average molecular weight is 264 g/mol. The van der Waals surface area contributed by atoms with Crippen molar-refractivity contribution in [2.45, 2.75) is 38.8 Å². The summed E-state index contributed by atoms with van der Waals surface area (Å²) in [6.07, 6.45) is -0.512. The van der Waals surface area contributed by atoms with Crippen LogP contribution in [0.15, 0.2) is 24.3 Å². The molecule has 0 spiro atoms. The number of nitrogens with zero attached hydrogens (tertiary/aromatic N) is 1. The quantitative estimate of drug-likeness (QED) is 0.911. The summed E-state index contributed by atoms with van der Waals surface area (Å²) in [4.78, 5) is 11.7. The highest BCUT2D eigenvalue weighted by molar-refractivity contribution is 5.68. The number of benzene rings is 1. The molecule has 1 aromatic rings. The maximum atomic E-state index is 12.8. The monoisotopic (exact) mass is 264 g/mol. The lowest BCUT2D eigenvalue weighted by Gasteiger charge is -2.22. The Kier molecular flexibility index (Phi) is 4.87. The lowest BCUT2D eigenvalue weighted by molar-refractivity contribution is 0.0504. The minimum Gasteiger partial charge on any atom is -0.444 e. The van der Waals surface area contributed by atoms with Gasteiger partial charge in [0.1, 0.15) is 11.4 Å². The Hall–Kier alpha value is -2.09. The molecule has 0 aliphatic rings. The molecule has 0 aliphatic heterocycles. The number of nitriles is 1. The van der Waals surface area contributed by atoms with Gasteiger partial charge in [0, 0.05) is 0 Å². The van der Waals surface area contributed by atoms with E-state index in [2.05, 4.69) is 5.32 Å². The van der Waals surface area contributed by atoms with Crippen LogP contribution in [-0.4, -0.2) is 11.7 Å². The molecule has 1 aromatic carbocycles. The van der Waals surface area contributed by atoms with Gasteiger partial charge in [-0.3, -0.25) is 0 Å².